The summed E-state index contributed by atoms with van der Waals surface area (Å²) in [5.41, 5.74) is 6.55. The van der Waals surface area contributed by atoms with E-state index in [1.165, 1.54) is 25.2 Å². The fraction of sp³-hybridized carbons (Fsp3) is 0.250. The van der Waals surface area contributed by atoms with Crippen molar-refractivity contribution < 1.29 is 14.7 Å². The summed E-state index contributed by atoms with van der Waals surface area (Å²) in [5.74, 6) is -1.14. The summed E-state index contributed by atoms with van der Waals surface area (Å²) in [7, 11) is 3.08. The van der Waals surface area contributed by atoms with Crippen molar-refractivity contribution >= 4 is 47.5 Å². The average molecular weight is 424 g/mol. The van der Waals surface area contributed by atoms with Crippen LogP contribution < -0.4 is 11.1 Å². The second kappa shape index (κ2) is 13.3. The SMILES string of the molecule is CN.CNC(=O)c1cc(C)nc(Cl)c1.Cc1cc(C(=O)O)cc(Cl)n1.Cl. The molecule has 0 saturated carbocycles. The number of pyridine rings is 2. The molecule has 0 radical (unpaired) electrons. The summed E-state index contributed by atoms with van der Waals surface area (Å²) >= 11 is 11.2. The van der Waals surface area contributed by atoms with Gasteiger partial charge in [0.15, 0.2) is 0 Å². The van der Waals surface area contributed by atoms with Crippen LogP contribution in [0.1, 0.15) is 32.1 Å². The fourth-order valence-electron chi connectivity index (χ4n) is 1.66. The number of hydrogen-bond donors (Lipinski definition) is 3. The Morgan fingerprint density at radius 3 is 1.69 bits per heavy atom. The average Bonchev–Trinajstić information content (AvgIpc) is 2.54. The Balaban J connectivity index is 0. The van der Waals surface area contributed by atoms with Crippen LogP contribution in [-0.4, -0.2) is 41.0 Å². The number of aryl methyl sites for hydroxylation is 2. The predicted molar refractivity (Wildman–Crippen MR) is 106 cm³/mol. The summed E-state index contributed by atoms with van der Waals surface area (Å²) in [6.07, 6.45) is 0. The maximum absolute atomic E-state index is 11.1. The molecule has 144 valence electrons. The van der Waals surface area contributed by atoms with Crippen LogP contribution in [-0.2, 0) is 0 Å². The summed E-state index contributed by atoms with van der Waals surface area (Å²) in [6.45, 7) is 3.48. The lowest BCUT2D eigenvalue weighted by molar-refractivity contribution is 0.0696. The van der Waals surface area contributed by atoms with E-state index < -0.39 is 5.97 Å². The van der Waals surface area contributed by atoms with E-state index in [2.05, 4.69) is 21.0 Å². The Morgan fingerprint density at radius 1 is 0.962 bits per heavy atom. The van der Waals surface area contributed by atoms with Gasteiger partial charge in [0, 0.05) is 24.0 Å². The molecule has 10 heteroatoms. The van der Waals surface area contributed by atoms with Gasteiger partial charge in [-0.15, -0.1) is 12.4 Å². The van der Waals surface area contributed by atoms with E-state index in [0.717, 1.165) is 5.69 Å². The molecule has 0 fully saturated rings. The molecule has 0 unspecified atom stereocenters. The number of carboxylic acids is 1. The summed E-state index contributed by atoms with van der Waals surface area (Å²) in [6, 6.07) is 6.00. The number of hydrogen-bond acceptors (Lipinski definition) is 5. The molecular weight excluding hydrogens is 403 g/mol. The van der Waals surface area contributed by atoms with Gasteiger partial charge in [-0.1, -0.05) is 23.2 Å². The van der Waals surface area contributed by atoms with Crippen LogP contribution >= 0.6 is 35.6 Å². The van der Waals surface area contributed by atoms with Crippen molar-refractivity contribution in [2.75, 3.05) is 14.1 Å². The molecule has 0 aliphatic carbocycles. The second-order valence-corrected chi connectivity index (χ2v) is 5.30. The topological polar surface area (TPSA) is 118 Å². The number of aromatic nitrogens is 2. The van der Waals surface area contributed by atoms with Crippen molar-refractivity contribution in [2.24, 2.45) is 5.73 Å². The van der Waals surface area contributed by atoms with Gasteiger partial charge < -0.3 is 16.2 Å². The van der Waals surface area contributed by atoms with E-state index in [9.17, 15) is 9.59 Å². The molecule has 2 aromatic rings. The van der Waals surface area contributed by atoms with Gasteiger partial charge in [0.25, 0.3) is 5.91 Å². The van der Waals surface area contributed by atoms with Gasteiger partial charge in [0.2, 0.25) is 0 Å². The van der Waals surface area contributed by atoms with Gasteiger partial charge in [0.05, 0.1) is 5.56 Å². The van der Waals surface area contributed by atoms with E-state index in [1.54, 1.807) is 27.0 Å². The van der Waals surface area contributed by atoms with Crippen LogP contribution in [0.2, 0.25) is 10.3 Å². The quantitative estimate of drug-likeness (QED) is 0.639. The Kier molecular flexibility index (Phi) is 13.5. The minimum absolute atomic E-state index is 0. The van der Waals surface area contributed by atoms with Crippen molar-refractivity contribution in [1.29, 1.82) is 0 Å². The molecule has 0 bridgehead atoms. The zero-order valence-corrected chi connectivity index (χ0v) is 17.0. The molecule has 4 N–H and O–H groups in total. The standard InChI is InChI=1S/C8H9ClN2O.C7H6ClNO2.CH5N.ClH/c1-5-3-6(8(12)10-2)4-7(9)11-5;1-4-2-5(7(10)11)3-6(8)9-4;1-2;/h3-4H,1-2H3,(H,10,12);2-3H,1H3,(H,10,11);2H2,1H3;1H. The van der Waals surface area contributed by atoms with Gasteiger partial charge in [-0.05, 0) is 45.2 Å². The Hall–Kier alpha value is -1.93. The molecule has 0 spiro atoms. The Labute approximate surface area is 168 Å². The van der Waals surface area contributed by atoms with Gasteiger partial charge >= 0.3 is 5.97 Å². The van der Waals surface area contributed by atoms with Crippen LogP contribution in [0, 0.1) is 13.8 Å². The number of carboxylic acid groups (broad SMARTS) is 1. The second-order valence-electron chi connectivity index (χ2n) is 4.52. The molecule has 7 nitrogen and oxygen atoms in total. The molecule has 1 amide bonds. The van der Waals surface area contributed by atoms with Crippen molar-refractivity contribution in [1.82, 2.24) is 15.3 Å². The molecule has 0 aliphatic heterocycles. The van der Waals surface area contributed by atoms with Gasteiger partial charge in [-0.3, -0.25) is 4.79 Å². The van der Waals surface area contributed by atoms with Crippen LogP contribution in [0.25, 0.3) is 0 Å². The van der Waals surface area contributed by atoms with Crippen LogP contribution in [0.5, 0.6) is 0 Å². The smallest absolute Gasteiger partial charge is 0.335 e. The van der Waals surface area contributed by atoms with Gasteiger partial charge in [0.1, 0.15) is 10.3 Å². The molecule has 2 heterocycles. The minimum Gasteiger partial charge on any atom is -0.478 e. The van der Waals surface area contributed by atoms with E-state index in [4.69, 9.17) is 28.3 Å². The zero-order valence-electron chi connectivity index (χ0n) is 14.7. The highest BCUT2D eigenvalue weighted by molar-refractivity contribution is 6.30. The lowest BCUT2D eigenvalue weighted by atomic mass is 10.2. The number of carbonyl (C=O) groups excluding carboxylic acids is 1. The first-order chi connectivity index (χ1) is 11.7. The third-order valence-corrected chi connectivity index (χ3v) is 2.97. The van der Waals surface area contributed by atoms with Crippen molar-refractivity contribution in [3.05, 3.63) is 57.1 Å². The predicted octanol–water partition coefficient (Wildman–Crippen LogP) is 3.14. The van der Waals surface area contributed by atoms with E-state index in [1.807, 2.05) is 0 Å². The maximum Gasteiger partial charge on any atom is 0.335 e. The first kappa shape index (κ1) is 26.3. The highest BCUT2D eigenvalue weighted by Gasteiger charge is 2.05. The Morgan fingerprint density at radius 2 is 1.35 bits per heavy atom. The molecule has 0 atom stereocenters. The first-order valence-electron chi connectivity index (χ1n) is 7.04. The number of halogens is 3. The summed E-state index contributed by atoms with van der Waals surface area (Å²) in [5, 5.41) is 11.6. The molecule has 2 aromatic heterocycles. The van der Waals surface area contributed by atoms with Gasteiger partial charge in [-0.25, -0.2) is 14.8 Å². The summed E-state index contributed by atoms with van der Waals surface area (Å²) in [4.78, 5) is 29.3. The number of amides is 1. The number of nitrogens with two attached hydrogens (primary N) is 1. The first-order valence-corrected chi connectivity index (χ1v) is 7.80. The number of nitrogens with zero attached hydrogens (tertiary/aromatic N) is 2. The highest BCUT2D eigenvalue weighted by Crippen LogP contribution is 2.10. The van der Waals surface area contributed by atoms with Crippen LogP contribution in [0.3, 0.4) is 0 Å². The zero-order chi connectivity index (χ0) is 19.6. The fourth-order valence-corrected chi connectivity index (χ4v) is 2.16. The monoisotopic (exact) mass is 422 g/mol. The summed E-state index contributed by atoms with van der Waals surface area (Å²) < 4.78 is 0. The lowest BCUT2D eigenvalue weighted by Crippen LogP contribution is -2.17. The molecule has 0 aromatic carbocycles. The third kappa shape index (κ3) is 9.53. The van der Waals surface area contributed by atoms with E-state index in [-0.39, 0.29) is 29.0 Å². The molecule has 2 rings (SSSR count). The number of aromatic carboxylic acids is 1. The largest absolute Gasteiger partial charge is 0.478 e. The minimum atomic E-state index is -0.989. The number of carbonyl (C=O) groups is 2. The van der Waals surface area contributed by atoms with Crippen LogP contribution in [0.15, 0.2) is 24.3 Å². The highest BCUT2D eigenvalue weighted by atomic mass is 35.5. The Bertz CT molecular complexity index is 702. The molecule has 26 heavy (non-hydrogen) atoms. The van der Waals surface area contributed by atoms with E-state index >= 15 is 0 Å². The maximum atomic E-state index is 11.1. The molecular formula is C16H21Cl3N4O3. The van der Waals surface area contributed by atoms with Crippen LogP contribution in [0.4, 0.5) is 0 Å². The molecule has 0 aliphatic rings. The van der Waals surface area contributed by atoms with Crippen molar-refractivity contribution in [3.8, 4) is 0 Å². The van der Waals surface area contributed by atoms with E-state index in [0.29, 0.717) is 16.4 Å². The van der Waals surface area contributed by atoms with Crippen molar-refractivity contribution in [3.63, 3.8) is 0 Å². The molecule has 0 saturated heterocycles. The number of rotatable bonds is 2. The lowest BCUT2D eigenvalue weighted by Gasteiger charge is -2.00. The van der Waals surface area contributed by atoms with Gasteiger partial charge in [-0.2, -0.15) is 0 Å². The normalized spacial score (nSPS) is 8.73. The van der Waals surface area contributed by atoms with Crippen molar-refractivity contribution in [2.45, 2.75) is 13.8 Å². The third-order valence-electron chi connectivity index (χ3n) is 2.58. The number of nitrogens with one attached hydrogen (secondary N) is 1.